The second kappa shape index (κ2) is 9.50. The summed E-state index contributed by atoms with van der Waals surface area (Å²) in [5, 5.41) is 5.29. The first kappa shape index (κ1) is 21.6. The number of halogens is 1. The van der Waals surface area contributed by atoms with Gasteiger partial charge in [-0.25, -0.2) is 13.2 Å². The number of hydrogen-bond donors (Lipinski definition) is 3. The number of nitrogens with zero attached hydrogens (tertiary/aromatic N) is 1. The van der Waals surface area contributed by atoms with Gasteiger partial charge in [-0.1, -0.05) is 31.5 Å². The minimum Gasteiger partial charge on any atom is -0.338 e. The molecule has 0 unspecified atom stereocenters. The minimum absolute atomic E-state index is 0.125. The topological polar surface area (TPSA) is 100 Å². The molecule has 10 heteroatoms. The largest absolute Gasteiger partial charge is 0.338 e. The number of piperazine rings is 1. The Bertz CT molecular complexity index is 777. The highest BCUT2D eigenvalue weighted by Gasteiger charge is 2.31. The zero-order valence-electron chi connectivity index (χ0n) is 15.5. The van der Waals surface area contributed by atoms with E-state index in [0.29, 0.717) is 43.7 Å². The van der Waals surface area contributed by atoms with E-state index < -0.39 is 16.1 Å². The summed E-state index contributed by atoms with van der Waals surface area (Å²) in [5.74, 6) is -0.0802. The van der Waals surface area contributed by atoms with Gasteiger partial charge >= 0.3 is 6.03 Å². The molecule has 0 atom stereocenters. The van der Waals surface area contributed by atoms with Crippen LogP contribution in [0.15, 0.2) is 29.2 Å². The molecule has 27 heavy (non-hydrogen) atoms. The molecule has 1 fully saturated rings. The van der Waals surface area contributed by atoms with Crippen LogP contribution in [0.4, 0.5) is 4.79 Å². The van der Waals surface area contributed by atoms with Crippen molar-refractivity contribution in [3.05, 3.63) is 29.3 Å². The van der Waals surface area contributed by atoms with Gasteiger partial charge in [0.1, 0.15) is 0 Å². The second-order valence-electron chi connectivity index (χ2n) is 6.94. The summed E-state index contributed by atoms with van der Waals surface area (Å²) in [6.07, 6.45) is 0. The molecule has 1 aliphatic heterocycles. The first-order chi connectivity index (χ1) is 12.7. The van der Waals surface area contributed by atoms with Gasteiger partial charge in [0.25, 0.3) is 5.91 Å². The van der Waals surface area contributed by atoms with Crippen molar-refractivity contribution < 1.29 is 22.9 Å². The average Bonchev–Trinajstić information content (AvgIpc) is 2.60. The number of benzene rings is 1. The molecule has 150 valence electrons. The predicted molar refractivity (Wildman–Crippen MR) is 102 cm³/mol. The van der Waals surface area contributed by atoms with E-state index in [1.165, 1.54) is 16.4 Å². The molecule has 3 N–H and O–H groups in total. The molecule has 0 spiro atoms. The fourth-order valence-electron chi connectivity index (χ4n) is 2.73. The normalized spacial score (nSPS) is 16.3. The molecule has 3 amide bonds. The number of imide groups is 1. The number of carbonyl (C=O) groups excluding carboxylic acids is 2. The van der Waals surface area contributed by atoms with Crippen molar-refractivity contribution in [1.29, 1.82) is 0 Å². The van der Waals surface area contributed by atoms with Crippen LogP contribution in [0.1, 0.15) is 13.8 Å². The molecule has 0 radical (unpaired) electrons. The number of urea groups is 1. The lowest BCUT2D eigenvalue weighted by Crippen LogP contribution is -3.15. The molecule has 0 bridgehead atoms. The third-order valence-electron chi connectivity index (χ3n) is 4.20. The quantitative estimate of drug-likeness (QED) is 0.592. The summed E-state index contributed by atoms with van der Waals surface area (Å²) in [4.78, 5) is 24.7. The van der Waals surface area contributed by atoms with E-state index in [4.69, 9.17) is 11.6 Å². The number of sulfonamides is 1. The average molecular weight is 418 g/mol. The Morgan fingerprint density at radius 2 is 1.93 bits per heavy atom. The van der Waals surface area contributed by atoms with Gasteiger partial charge in [-0.15, -0.1) is 0 Å². The molecule has 1 aliphatic rings. The lowest BCUT2D eigenvalue weighted by Gasteiger charge is -2.31. The Hall–Kier alpha value is -1.68. The Morgan fingerprint density at radius 1 is 1.26 bits per heavy atom. The Morgan fingerprint density at radius 3 is 2.52 bits per heavy atom. The fraction of sp³-hybridized carbons (Fsp3) is 0.529. The maximum absolute atomic E-state index is 12.7. The molecule has 1 aromatic carbocycles. The smallest absolute Gasteiger partial charge is 0.321 e. The fourth-order valence-corrected chi connectivity index (χ4v) is 4.48. The SMILES string of the molecule is CC(C)CNC(=O)NC(=O)C[NH+]1CCN(S(=O)(=O)c2cccc(Cl)c2)CC1. The van der Waals surface area contributed by atoms with Gasteiger partial charge in [0.15, 0.2) is 6.54 Å². The number of nitrogens with one attached hydrogen (secondary N) is 3. The Labute approximate surface area is 164 Å². The highest BCUT2D eigenvalue weighted by molar-refractivity contribution is 7.89. The van der Waals surface area contributed by atoms with E-state index in [2.05, 4.69) is 10.6 Å². The van der Waals surface area contributed by atoms with Gasteiger partial charge in [0.2, 0.25) is 10.0 Å². The highest BCUT2D eigenvalue weighted by Crippen LogP contribution is 2.19. The number of rotatable bonds is 6. The summed E-state index contributed by atoms with van der Waals surface area (Å²) in [6.45, 7) is 6.12. The molecule has 8 nitrogen and oxygen atoms in total. The van der Waals surface area contributed by atoms with Crippen molar-refractivity contribution in [2.45, 2.75) is 18.7 Å². The predicted octanol–water partition coefficient (Wildman–Crippen LogP) is -0.289. The molecule has 1 saturated heterocycles. The standard InChI is InChI=1S/C17H25ClN4O4S/c1-13(2)11-19-17(24)20-16(23)12-21-6-8-22(9-7-21)27(25,26)15-5-3-4-14(18)10-15/h3-5,10,13H,6-9,11-12H2,1-2H3,(H2,19,20,23,24)/p+1. The van der Waals surface area contributed by atoms with Gasteiger partial charge in [-0.3, -0.25) is 10.1 Å². The summed E-state index contributed by atoms with van der Waals surface area (Å²) in [5.41, 5.74) is 0. The number of amides is 3. The van der Waals surface area contributed by atoms with Gasteiger partial charge in [0, 0.05) is 11.6 Å². The van der Waals surface area contributed by atoms with Crippen LogP contribution < -0.4 is 15.5 Å². The van der Waals surface area contributed by atoms with E-state index in [1.807, 2.05) is 13.8 Å². The van der Waals surface area contributed by atoms with E-state index in [-0.39, 0.29) is 17.3 Å². The van der Waals surface area contributed by atoms with Crippen molar-refractivity contribution in [3.63, 3.8) is 0 Å². The van der Waals surface area contributed by atoms with Crippen molar-refractivity contribution in [1.82, 2.24) is 14.9 Å². The molecule has 0 saturated carbocycles. The summed E-state index contributed by atoms with van der Waals surface area (Å²) >= 11 is 5.89. The van der Waals surface area contributed by atoms with Crippen LogP contribution in [0.25, 0.3) is 0 Å². The van der Waals surface area contributed by atoms with Crippen molar-refractivity contribution in [2.24, 2.45) is 5.92 Å². The van der Waals surface area contributed by atoms with Crippen molar-refractivity contribution in [3.8, 4) is 0 Å². The first-order valence-electron chi connectivity index (χ1n) is 8.85. The van der Waals surface area contributed by atoms with Crippen LogP contribution in [0.3, 0.4) is 0 Å². The maximum atomic E-state index is 12.7. The Balaban J connectivity index is 1.83. The zero-order valence-corrected chi connectivity index (χ0v) is 17.1. The molecule has 0 aromatic heterocycles. The Kier molecular flexibility index (Phi) is 7.60. The summed E-state index contributed by atoms with van der Waals surface area (Å²) in [7, 11) is -3.60. The molecular formula is C17H26ClN4O4S+. The molecule has 1 aromatic rings. The molecule has 0 aliphatic carbocycles. The van der Waals surface area contributed by atoms with Gasteiger partial charge in [-0.2, -0.15) is 4.31 Å². The van der Waals surface area contributed by atoms with Crippen LogP contribution in [0.2, 0.25) is 5.02 Å². The minimum atomic E-state index is -3.60. The lowest BCUT2D eigenvalue weighted by atomic mass is 10.2. The lowest BCUT2D eigenvalue weighted by molar-refractivity contribution is -0.895. The van der Waals surface area contributed by atoms with Crippen molar-refractivity contribution >= 4 is 33.6 Å². The van der Waals surface area contributed by atoms with Gasteiger partial charge in [-0.05, 0) is 24.1 Å². The monoisotopic (exact) mass is 417 g/mol. The van der Waals surface area contributed by atoms with Crippen LogP contribution in [0, 0.1) is 5.92 Å². The second-order valence-corrected chi connectivity index (χ2v) is 9.31. The van der Waals surface area contributed by atoms with Crippen LogP contribution >= 0.6 is 11.6 Å². The van der Waals surface area contributed by atoms with Crippen molar-refractivity contribution in [2.75, 3.05) is 39.3 Å². The van der Waals surface area contributed by atoms with Gasteiger partial charge < -0.3 is 10.2 Å². The highest BCUT2D eigenvalue weighted by atomic mass is 35.5. The number of carbonyl (C=O) groups is 2. The molecule has 1 heterocycles. The number of quaternary nitrogens is 1. The summed E-state index contributed by atoms with van der Waals surface area (Å²) < 4.78 is 26.7. The van der Waals surface area contributed by atoms with E-state index in [1.54, 1.807) is 12.1 Å². The maximum Gasteiger partial charge on any atom is 0.321 e. The van der Waals surface area contributed by atoms with Crippen LogP contribution in [-0.2, 0) is 14.8 Å². The van der Waals surface area contributed by atoms with Crippen LogP contribution in [-0.4, -0.2) is 63.9 Å². The third kappa shape index (κ3) is 6.46. The molecule has 2 rings (SSSR count). The van der Waals surface area contributed by atoms with E-state index >= 15 is 0 Å². The number of hydrogen-bond acceptors (Lipinski definition) is 4. The van der Waals surface area contributed by atoms with E-state index in [9.17, 15) is 18.0 Å². The van der Waals surface area contributed by atoms with Gasteiger partial charge in [0.05, 0.1) is 31.1 Å². The third-order valence-corrected chi connectivity index (χ3v) is 6.33. The summed E-state index contributed by atoms with van der Waals surface area (Å²) in [6, 6.07) is 5.67. The zero-order chi connectivity index (χ0) is 20.0. The van der Waals surface area contributed by atoms with Crippen LogP contribution in [0.5, 0.6) is 0 Å². The first-order valence-corrected chi connectivity index (χ1v) is 10.7. The van der Waals surface area contributed by atoms with E-state index in [0.717, 1.165) is 4.90 Å². The molecular weight excluding hydrogens is 392 g/mol.